The number of likely N-dealkylation sites (N-methyl/N-ethyl adjacent to an activating group) is 1. The number of rotatable bonds is 6. The number of carbonyl (C=O) groups excluding carboxylic acids is 2. The largest absolute Gasteiger partial charge is 0.493 e. The Bertz CT molecular complexity index is 1520. The topological polar surface area (TPSA) is 93.5 Å². The Morgan fingerprint density at radius 2 is 1.85 bits per heavy atom. The fraction of sp³-hybridized carbons (Fsp3) is 0.321. The number of ether oxygens (including phenoxy) is 3. The molecular weight excluding hydrogens is 557 g/mol. The summed E-state index contributed by atoms with van der Waals surface area (Å²) in [6.45, 7) is 0.372. The number of thioether (sulfide) groups is 1. The molecule has 40 heavy (non-hydrogen) atoms. The maximum absolute atomic E-state index is 14.8. The molecule has 3 atom stereocenters. The molecule has 0 saturated carbocycles. The van der Waals surface area contributed by atoms with Crippen molar-refractivity contribution in [3.8, 4) is 17.2 Å². The van der Waals surface area contributed by atoms with E-state index in [2.05, 4.69) is 5.32 Å². The Labute approximate surface area is 239 Å². The second kappa shape index (κ2) is 9.50. The van der Waals surface area contributed by atoms with Crippen LogP contribution in [0.5, 0.6) is 17.2 Å². The summed E-state index contributed by atoms with van der Waals surface area (Å²) in [5.41, 5.74) is -0.0519. The van der Waals surface area contributed by atoms with Crippen LogP contribution in [0.25, 0.3) is 0 Å². The van der Waals surface area contributed by atoms with Gasteiger partial charge in [0.25, 0.3) is 5.91 Å². The van der Waals surface area contributed by atoms with Crippen molar-refractivity contribution in [2.75, 3.05) is 40.2 Å². The normalized spacial score (nSPS) is 25.7. The molecule has 2 fully saturated rings. The number of furan rings is 1. The number of hydrogen-bond donors (Lipinski definition) is 1. The summed E-state index contributed by atoms with van der Waals surface area (Å²) in [6.07, 6.45) is 1.52. The standard InChI is InChI=1S/C28H26FN3O6S2/c1-31-14-19(15-10-21(35-2)23(37-4)22(11-15)36-3)28(25(34)32(26(39)40-28)13-17-6-5-9-38-17)27(31)18-12-16(29)7-8-20(18)30-24(27)33/h5-12,19H,13-14H2,1-4H3,(H,30,33)/t19-,27+,28+/m1/s1. The first-order chi connectivity index (χ1) is 19.2. The second-order valence-electron chi connectivity index (χ2n) is 9.82. The lowest BCUT2D eigenvalue weighted by molar-refractivity contribution is -0.138. The Hall–Kier alpha value is -3.61. The van der Waals surface area contributed by atoms with E-state index in [0.717, 1.165) is 11.8 Å². The number of amides is 2. The van der Waals surface area contributed by atoms with Crippen molar-refractivity contribution in [2.45, 2.75) is 22.7 Å². The Kier molecular flexibility index (Phi) is 6.32. The van der Waals surface area contributed by atoms with Crippen LogP contribution in [0.2, 0.25) is 0 Å². The van der Waals surface area contributed by atoms with Crippen LogP contribution in [0, 0.1) is 5.82 Å². The molecule has 2 saturated heterocycles. The minimum absolute atomic E-state index is 0.0960. The summed E-state index contributed by atoms with van der Waals surface area (Å²) >= 11 is 6.95. The molecule has 2 amide bonds. The summed E-state index contributed by atoms with van der Waals surface area (Å²) < 4.78 is 35.9. The van der Waals surface area contributed by atoms with Gasteiger partial charge in [0.2, 0.25) is 11.7 Å². The summed E-state index contributed by atoms with van der Waals surface area (Å²) in [4.78, 5) is 32.3. The van der Waals surface area contributed by atoms with Crippen LogP contribution in [-0.4, -0.2) is 65.6 Å². The number of methoxy groups -OCH3 is 3. The molecule has 6 rings (SSSR count). The molecule has 0 bridgehead atoms. The van der Waals surface area contributed by atoms with Crippen LogP contribution in [0.4, 0.5) is 10.1 Å². The van der Waals surface area contributed by atoms with Gasteiger partial charge in [0.15, 0.2) is 17.0 Å². The van der Waals surface area contributed by atoms with Crippen LogP contribution in [0.15, 0.2) is 53.1 Å². The number of carbonyl (C=O) groups is 2. The van der Waals surface area contributed by atoms with Crippen molar-refractivity contribution in [1.82, 2.24) is 9.80 Å². The highest BCUT2D eigenvalue weighted by Gasteiger charge is 2.77. The van der Waals surface area contributed by atoms with Crippen LogP contribution < -0.4 is 19.5 Å². The van der Waals surface area contributed by atoms with E-state index in [1.807, 2.05) is 4.90 Å². The average molecular weight is 584 g/mol. The zero-order valence-corrected chi connectivity index (χ0v) is 23.8. The minimum atomic E-state index is -1.57. The van der Waals surface area contributed by atoms with Gasteiger partial charge in [-0.15, -0.1) is 0 Å². The molecule has 208 valence electrons. The summed E-state index contributed by atoms with van der Waals surface area (Å²) in [5, 5.41) is 2.91. The monoisotopic (exact) mass is 583 g/mol. The number of likely N-dealkylation sites (tertiary alicyclic amines) is 1. The van der Waals surface area contributed by atoms with E-state index in [1.165, 1.54) is 50.7 Å². The van der Waals surface area contributed by atoms with Crippen LogP contribution in [0.1, 0.15) is 22.8 Å². The quantitative estimate of drug-likeness (QED) is 0.430. The molecule has 12 heteroatoms. The minimum Gasteiger partial charge on any atom is -0.493 e. The van der Waals surface area contributed by atoms with Crippen molar-refractivity contribution in [3.05, 3.63) is 71.4 Å². The van der Waals surface area contributed by atoms with E-state index in [0.29, 0.717) is 44.1 Å². The SMILES string of the molecule is COc1cc([C@H]2CN(C)[C@@]3(C(=O)Nc4ccc(F)cc43)[C@]23SC(=S)N(Cc2ccco2)C3=O)cc(OC)c1OC. The Morgan fingerprint density at radius 1 is 1.12 bits per heavy atom. The summed E-state index contributed by atoms with van der Waals surface area (Å²) in [6, 6.07) is 11.2. The highest BCUT2D eigenvalue weighted by Crippen LogP contribution is 2.66. The maximum Gasteiger partial charge on any atom is 0.251 e. The number of nitrogens with one attached hydrogen (secondary N) is 1. The van der Waals surface area contributed by atoms with Gasteiger partial charge < -0.3 is 23.9 Å². The van der Waals surface area contributed by atoms with Crippen molar-refractivity contribution in [1.29, 1.82) is 0 Å². The van der Waals surface area contributed by atoms with E-state index < -0.39 is 27.9 Å². The third kappa shape index (κ3) is 3.39. The van der Waals surface area contributed by atoms with Crippen molar-refractivity contribution in [3.63, 3.8) is 0 Å². The van der Waals surface area contributed by atoms with Crippen molar-refractivity contribution >= 4 is 45.8 Å². The zero-order valence-electron chi connectivity index (χ0n) is 22.1. The molecule has 9 nitrogen and oxygen atoms in total. The number of thiocarbonyl (C=S) groups is 1. The van der Waals surface area contributed by atoms with E-state index in [4.69, 9.17) is 30.8 Å². The van der Waals surface area contributed by atoms with Gasteiger partial charge in [-0.05, 0) is 55.1 Å². The Balaban J connectivity index is 1.61. The summed E-state index contributed by atoms with van der Waals surface area (Å²) in [7, 11) is 6.30. The van der Waals surface area contributed by atoms with Gasteiger partial charge in [0.1, 0.15) is 20.6 Å². The van der Waals surface area contributed by atoms with Gasteiger partial charge in [0, 0.05) is 23.7 Å². The number of benzene rings is 2. The van der Waals surface area contributed by atoms with Crippen molar-refractivity contribution in [2.24, 2.45) is 0 Å². The first-order valence-electron chi connectivity index (χ1n) is 12.4. The lowest BCUT2D eigenvalue weighted by Gasteiger charge is -2.41. The average Bonchev–Trinajstić information content (AvgIpc) is 3.68. The van der Waals surface area contributed by atoms with Crippen molar-refractivity contribution < 1.29 is 32.6 Å². The van der Waals surface area contributed by atoms with E-state index in [-0.39, 0.29) is 19.0 Å². The predicted molar refractivity (Wildman–Crippen MR) is 150 cm³/mol. The van der Waals surface area contributed by atoms with E-state index >= 15 is 0 Å². The predicted octanol–water partition coefficient (Wildman–Crippen LogP) is 4.12. The molecule has 1 N–H and O–H groups in total. The molecule has 0 aliphatic carbocycles. The number of hydrogen-bond acceptors (Lipinski definition) is 9. The lowest BCUT2D eigenvalue weighted by Crippen LogP contribution is -2.61. The number of nitrogens with zero attached hydrogens (tertiary/aromatic N) is 2. The lowest BCUT2D eigenvalue weighted by atomic mass is 9.72. The van der Waals surface area contributed by atoms with Gasteiger partial charge in [-0.1, -0.05) is 24.0 Å². The molecule has 1 aromatic heterocycles. The third-order valence-corrected chi connectivity index (χ3v) is 9.96. The van der Waals surface area contributed by atoms with Crippen LogP contribution >= 0.6 is 24.0 Å². The van der Waals surface area contributed by atoms with Gasteiger partial charge in [-0.3, -0.25) is 19.4 Å². The number of halogens is 1. The fourth-order valence-corrected chi connectivity index (χ4v) is 8.52. The smallest absolute Gasteiger partial charge is 0.251 e. The Morgan fingerprint density at radius 3 is 2.48 bits per heavy atom. The summed E-state index contributed by atoms with van der Waals surface area (Å²) in [5.74, 6) is -0.145. The first-order valence-corrected chi connectivity index (χ1v) is 13.6. The second-order valence-corrected chi connectivity index (χ2v) is 11.7. The molecule has 0 unspecified atom stereocenters. The molecular formula is C28H26FN3O6S2. The van der Waals surface area contributed by atoms with E-state index in [9.17, 15) is 14.0 Å². The highest BCUT2D eigenvalue weighted by molar-refractivity contribution is 8.25. The molecule has 3 aromatic rings. The van der Waals surface area contributed by atoms with Gasteiger partial charge in [0.05, 0.1) is 34.1 Å². The van der Waals surface area contributed by atoms with Crippen LogP contribution in [0.3, 0.4) is 0 Å². The molecule has 2 aromatic carbocycles. The third-order valence-electron chi connectivity index (χ3n) is 8.02. The zero-order chi connectivity index (χ0) is 28.4. The van der Waals surface area contributed by atoms with Crippen LogP contribution in [-0.2, 0) is 21.7 Å². The highest BCUT2D eigenvalue weighted by atomic mass is 32.2. The maximum atomic E-state index is 14.8. The van der Waals surface area contributed by atoms with Gasteiger partial charge in [-0.2, -0.15) is 0 Å². The van der Waals surface area contributed by atoms with Gasteiger partial charge >= 0.3 is 0 Å². The van der Waals surface area contributed by atoms with E-state index in [1.54, 1.807) is 31.3 Å². The molecule has 2 spiro atoms. The van der Waals surface area contributed by atoms with Gasteiger partial charge in [-0.25, -0.2) is 4.39 Å². The fourth-order valence-electron chi connectivity index (χ4n) is 6.39. The molecule has 3 aliphatic rings. The molecule has 4 heterocycles. The molecule has 3 aliphatic heterocycles. The first kappa shape index (κ1) is 26.6. The number of anilines is 1. The molecule has 0 radical (unpaired) electrons. The number of fused-ring (bicyclic) bond motifs is 3.